The number of hydrogen-bond donors (Lipinski definition) is 2. The van der Waals surface area contributed by atoms with Crippen molar-refractivity contribution in [2.75, 3.05) is 30.4 Å². The molecular weight excluding hydrogens is 297 g/mol. The van der Waals surface area contributed by atoms with Gasteiger partial charge in [0.2, 0.25) is 0 Å². The summed E-state index contributed by atoms with van der Waals surface area (Å²) in [6, 6.07) is 1.94. The third kappa shape index (κ3) is 3.63. The lowest BCUT2D eigenvalue weighted by molar-refractivity contribution is -0.385. The number of hydrogen-bond acceptors (Lipinski definition) is 5. The van der Waals surface area contributed by atoms with Crippen LogP contribution in [0.2, 0.25) is 0 Å². The molecule has 0 spiro atoms. The Hall–Kier alpha value is -1.83. The van der Waals surface area contributed by atoms with Gasteiger partial charge in [0.15, 0.2) is 5.82 Å². The van der Waals surface area contributed by atoms with Gasteiger partial charge in [-0.25, -0.2) is 4.39 Å². The van der Waals surface area contributed by atoms with Crippen molar-refractivity contribution in [3.05, 3.63) is 33.6 Å². The zero-order chi connectivity index (χ0) is 15.4. The third-order valence-corrected chi connectivity index (χ3v) is 4.60. The number of anilines is 1. The number of carbonyl (C=O) groups excluding carboxylic acids is 1. The van der Waals surface area contributed by atoms with Gasteiger partial charge in [0.1, 0.15) is 5.56 Å². The molecule has 0 aromatic heterocycles. The Bertz CT molecular complexity index is 562. The summed E-state index contributed by atoms with van der Waals surface area (Å²) in [7, 11) is 1.49. The molecule has 8 heteroatoms. The molecule has 1 saturated heterocycles. The molecule has 2 N–H and O–H groups in total. The minimum absolute atomic E-state index is 0.0576. The number of amides is 1. The second-order valence-electron chi connectivity index (χ2n) is 4.80. The van der Waals surface area contributed by atoms with E-state index in [1.165, 1.54) is 13.1 Å². The van der Waals surface area contributed by atoms with E-state index in [1.807, 2.05) is 11.8 Å². The predicted octanol–water partition coefficient (Wildman–Crippen LogP) is 2.26. The summed E-state index contributed by atoms with van der Waals surface area (Å²) < 4.78 is 13.6. The molecule has 2 rings (SSSR count). The molecule has 1 aromatic carbocycles. The molecule has 1 heterocycles. The minimum atomic E-state index is -0.757. The average Bonchev–Trinajstić information content (AvgIpc) is 2.97. The maximum atomic E-state index is 13.6. The van der Waals surface area contributed by atoms with Crippen LogP contribution in [0.4, 0.5) is 15.8 Å². The lowest BCUT2D eigenvalue weighted by Crippen LogP contribution is -2.30. The maximum Gasteiger partial charge on any atom is 0.285 e. The van der Waals surface area contributed by atoms with E-state index in [0.29, 0.717) is 12.5 Å². The van der Waals surface area contributed by atoms with Crippen LogP contribution >= 0.6 is 11.8 Å². The van der Waals surface area contributed by atoms with E-state index >= 15 is 0 Å². The van der Waals surface area contributed by atoms with Crippen molar-refractivity contribution >= 4 is 29.0 Å². The van der Waals surface area contributed by atoms with E-state index in [9.17, 15) is 19.3 Å². The second kappa shape index (κ2) is 6.75. The number of halogens is 1. The van der Waals surface area contributed by atoms with E-state index in [-0.39, 0.29) is 11.3 Å². The maximum absolute atomic E-state index is 13.6. The lowest BCUT2D eigenvalue weighted by Gasteiger charge is -2.11. The Morgan fingerprint density at radius 3 is 2.90 bits per heavy atom. The molecule has 1 atom stereocenters. The highest BCUT2D eigenvalue weighted by molar-refractivity contribution is 7.99. The molecule has 1 fully saturated rings. The Kier molecular flexibility index (Phi) is 5.00. The highest BCUT2D eigenvalue weighted by atomic mass is 32.2. The number of thioether (sulfide) groups is 1. The van der Waals surface area contributed by atoms with Gasteiger partial charge >= 0.3 is 0 Å². The van der Waals surface area contributed by atoms with Crippen molar-refractivity contribution in [2.24, 2.45) is 5.92 Å². The summed E-state index contributed by atoms with van der Waals surface area (Å²) in [5.41, 5.74) is -0.594. The quantitative estimate of drug-likeness (QED) is 0.643. The molecular formula is C13H16FN3O3S. The first kappa shape index (κ1) is 15.6. The highest BCUT2D eigenvalue weighted by Crippen LogP contribution is 2.26. The SMILES string of the molecule is CNc1cc(C(=O)NCC2CCSC2)c([N+](=O)[O-])cc1F. The fourth-order valence-electron chi connectivity index (χ4n) is 2.16. The summed E-state index contributed by atoms with van der Waals surface area (Å²) >= 11 is 1.83. The standard InChI is InChI=1S/C13H16FN3O3S/c1-15-11-4-9(12(17(19)20)5-10(11)14)13(18)16-6-8-2-3-21-7-8/h4-5,8,15H,2-3,6-7H2,1H3,(H,16,18). The van der Waals surface area contributed by atoms with Crippen molar-refractivity contribution in [1.82, 2.24) is 5.32 Å². The van der Waals surface area contributed by atoms with Crippen LogP contribution in [0.3, 0.4) is 0 Å². The van der Waals surface area contributed by atoms with Crippen molar-refractivity contribution in [3.8, 4) is 0 Å². The van der Waals surface area contributed by atoms with Crippen LogP contribution in [0.1, 0.15) is 16.8 Å². The summed E-state index contributed by atoms with van der Waals surface area (Å²) in [5, 5.41) is 16.2. The first-order chi connectivity index (χ1) is 10.0. The third-order valence-electron chi connectivity index (χ3n) is 3.37. The molecule has 0 radical (unpaired) electrons. The molecule has 0 saturated carbocycles. The zero-order valence-corrected chi connectivity index (χ0v) is 12.3. The van der Waals surface area contributed by atoms with Crippen molar-refractivity contribution in [1.29, 1.82) is 0 Å². The average molecular weight is 313 g/mol. The van der Waals surface area contributed by atoms with E-state index < -0.39 is 22.3 Å². The number of carbonyl (C=O) groups is 1. The molecule has 1 amide bonds. The van der Waals surface area contributed by atoms with Crippen molar-refractivity contribution < 1.29 is 14.1 Å². The van der Waals surface area contributed by atoms with Gasteiger partial charge in [0, 0.05) is 13.6 Å². The summed E-state index contributed by atoms with van der Waals surface area (Å²) in [6.45, 7) is 0.481. The second-order valence-corrected chi connectivity index (χ2v) is 5.95. The van der Waals surface area contributed by atoms with Gasteiger partial charge < -0.3 is 10.6 Å². The van der Waals surface area contributed by atoms with Crippen LogP contribution in [0.15, 0.2) is 12.1 Å². The Morgan fingerprint density at radius 2 is 2.33 bits per heavy atom. The summed E-state index contributed by atoms with van der Waals surface area (Å²) in [6.07, 6.45) is 1.03. The molecule has 0 aliphatic carbocycles. The first-order valence-electron chi connectivity index (χ1n) is 6.54. The van der Waals surface area contributed by atoms with Gasteiger partial charge in [-0.3, -0.25) is 14.9 Å². The van der Waals surface area contributed by atoms with E-state index in [2.05, 4.69) is 10.6 Å². The number of nitrogens with zero attached hydrogens (tertiary/aromatic N) is 1. The van der Waals surface area contributed by atoms with Gasteiger partial charge in [-0.15, -0.1) is 0 Å². The Labute approximate surface area is 125 Å². The molecule has 1 aliphatic heterocycles. The fraction of sp³-hybridized carbons (Fsp3) is 0.462. The van der Waals surface area contributed by atoms with Gasteiger partial charge in [-0.05, 0) is 29.9 Å². The minimum Gasteiger partial charge on any atom is -0.386 e. The van der Waals surface area contributed by atoms with Crippen LogP contribution in [-0.2, 0) is 0 Å². The van der Waals surface area contributed by atoms with E-state index in [1.54, 1.807) is 0 Å². The molecule has 114 valence electrons. The Balaban J connectivity index is 2.19. The topological polar surface area (TPSA) is 84.3 Å². The molecule has 0 bridgehead atoms. The van der Waals surface area contributed by atoms with Gasteiger partial charge in [0.05, 0.1) is 16.7 Å². The highest BCUT2D eigenvalue weighted by Gasteiger charge is 2.24. The lowest BCUT2D eigenvalue weighted by atomic mass is 10.1. The fourth-order valence-corrected chi connectivity index (χ4v) is 3.45. The number of benzene rings is 1. The van der Waals surface area contributed by atoms with Crippen molar-refractivity contribution in [2.45, 2.75) is 6.42 Å². The van der Waals surface area contributed by atoms with Gasteiger partial charge in [-0.2, -0.15) is 11.8 Å². The molecule has 6 nitrogen and oxygen atoms in total. The largest absolute Gasteiger partial charge is 0.386 e. The summed E-state index contributed by atoms with van der Waals surface area (Å²) in [5.74, 6) is 1.14. The number of nitro benzene ring substituents is 1. The van der Waals surface area contributed by atoms with Crippen molar-refractivity contribution in [3.63, 3.8) is 0 Å². The van der Waals surface area contributed by atoms with Gasteiger partial charge in [0.25, 0.3) is 11.6 Å². The molecule has 21 heavy (non-hydrogen) atoms. The number of rotatable bonds is 5. The van der Waals surface area contributed by atoms with Crippen LogP contribution in [-0.4, -0.2) is 35.9 Å². The van der Waals surface area contributed by atoms with Crippen LogP contribution in [0, 0.1) is 21.8 Å². The monoisotopic (exact) mass is 313 g/mol. The van der Waals surface area contributed by atoms with E-state index in [0.717, 1.165) is 24.0 Å². The smallest absolute Gasteiger partial charge is 0.285 e. The zero-order valence-electron chi connectivity index (χ0n) is 11.5. The summed E-state index contributed by atoms with van der Waals surface area (Å²) in [4.78, 5) is 22.4. The van der Waals surface area contributed by atoms with Crippen LogP contribution in [0.5, 0.6) is 0 Å². The van der Waals surface area contributed by atoms with Crippen LogP contribution < -0.4 is 10.6 Å². The normalized spacial score (nSPS) is 17.5. The van der Waals surface area contributed by atoms with E-state index in [4.69, 9.17) is 0 Å². The van der Waals surface area contributed by atoms with Gasteiger partial charge in [-0.1, -0.05) is 0 Å². The Morgan fingerprint density at radius 1 is 1.57 bits per heavy atom. The molecule has 1 aromatic rings. The molecule has 1 aliphatic rings. The van der Waals surface area contributed by atoms with Crippen LogP contribution in [0.25, 0.3) is 0 Å². The first-order valence-corrected chi connectivity index (χ1v) is 7.70. The molecule has 1 unspecified atom stereocenters. The number of nitrogens with one attached hydrogen (secondary N) is 2. The predicted molar refractivity (Wildman–Crippen MR) is 80.4 cm³/mol. The number of nitro groups is 1.